The number of urea groups is 1. The number of nitrogens with one attached hydrogen (secondary N) is 2. The Morgan fingerprint density at radius 2 is 1.81 bits per heavy atom. The summed E-state index contributed by atoms with van der Waals surface area (Å²) >= 11 is 7.25. The molecule has 1 heterocycles. The van der Waals surface area contributed by atoms with Gasteiger partial charge in [0.05, 0.1) is 5.75 Å². The highest BCUT2D eigenvalue weighted by Crippen LogP contribution is 2.29. The van der Waals surface area contributed by atoms with Crippen molar-refractivity contribution in [3.63, 3.8) is 0 Å². The fraction of sp³-hybridized carbons (Fsp3) is 0.273. The van der Waals surface area contributed by atoms with Crippen molar-refractivity contribution >= 4 is 35.3 Å². The highest BCUT2D eigenvalue weighted by atomic mass is 35.5. The van der Waals surface area contributed by atoms with Crippen molar-refractivity contribution in [1.82, 2.24) is 25.4 Å². The highest BCUT2D eigenvalue weighted by Gasteiger charge is 2.19. The Kier molecular flexibility index (Phi) is 7.02. The van der Waals surface area contributed by atoms with Crippen LogP contribution in [0.2, 0.25) is 5.02 Å². The maximum absolute atomic E-state index is 12.3. The first-order chi connectivity index (χ1) is 14.6. The Morgan fingerprint density at radius 3 is 2.45 bits per heavy atom. The number of benzene rings is 2. The van der Waals surface area contributed by atoms with Gasteiger partial charge in [-0.1, -0.05) is 47.1 Å². The average molecular weight is 458 g/mol. The minimum atomic E-state index is -0.530. The number of hydrogen-bond acceptors (Lipinski definition) is 5. The lowest BCUT2D eigenvalue weighted by molar-refractivity contribution is -0.117. The molecule has 3 aromatic rings. The van der Waals surface area contributed by atoms with Gasteiger partial charge in [0.1, 0.15) is 0 Å². The summed E-state index contributed by atoms with van der Waals surface area (Å²) in [4.78, 5) is 24.2. The molecule has 0 spiro atoms. The number of halogens is 1. The molecule has 0 saturated carbocycles. The van der Waals surface area contributed by atoms with Crippen LogP contribution < -0.4 is 10.6 Å². The van der Waals surface area contributed by atoms with Crippen molar-refractivity contribution in [2.75, 3.05) is 5.75 Å². The zero-order valence-electron chi connectivity index (χ0n) is 17.8. The van der Waals surface area contributed by atoms with E-state index in [-0.39, 0.29) is 5.75 Å². The lowest BCUT2D eigenvalue weighted by Crippen LogP contribution is -2.48. The number of imide groups is 1. The molecular formula is C22H24ClN5O2S. The second-order valence-corrected chi connectivity index (χ2v) is 9.41. The molecule has 162 valence electrons. The summed E-state index contributed by atoms with van der Waals surface area (Å²) < 4.78 is 1.87. The van der Waals surface area contributed by atoms with Crippen molar-refractivity contribution in [2.45, 2.75) is 38.4 Å². The molecule has 2 aromatic carbocycles. The normalized spacial score (nSPS) is 11.3. The van der Waals surface area contributed by atoms with Crippen molar-refractivity contribution in [2.24, 2.45) is 0 Å². The van der Waals surface area contributed by atoms with Crippen LogP contribution in [0.3, 0.4) is 0 Å². The summed E-state index contributed by atoms with van der Waals surface area (Å²) in [6, 6.07) is 14.7. The molecule has 3 rings (SSSR count). The maximum atomic E-state index is 12.3. The number of hydrogen-bond donors (Lipinski definition) is 2. The van der Waals surface area contributed by atoms with Gasteiger partial charge in [-0.3, -0.25) is 14.7 Å². The van der Waals surface area contributed by atoms with E-state index in [0.717, 1.165) is 16.8 Å². The summed E-state index contributed by atoms with van der Waals surface area (Å²) in [6.45, 7) is 7.53. The standard InChI is InChI=1S/C22H24ClN5O2S/c1-14-6-5-7-15(12-14)19-26-27-21(28(19)17-10-8-16(23)9-11-17)31-13-18(29)24-20(30)25-22(2,3)4/h5-12H,13H2,1-4H3,(H2,24,25,29,30). The first-order valence-corrected chi connectivity index (χ1v) is 11.0. The summed E-state index contributed by atoms with van der Waals surface area (Å²) in [5, 5.41) is 14.8. The Morgan fingerprint density at radius 1 is 1.10 bits per heavy atom. The van der Waals surface area contributed by atoms with Crippen LogP contribution >= 0.6 is 23.4 Å². The van der Waals surface area contributed by atoms with Crippen molar-refractivity contribution in [3.8, 4) is 17.1 Å². The monoisotopic (exact) mass is 457 g/mol. The van der Waals surface area contributed by atoms with E-state index in [0.29, 0.717) is 16.0 Å². The van der Waals surface area contributed by atoms with Crippen LogP contribution in [0.1, 0.15) is 26.3 Å². The van der Waals surface area contributed by atoms with Gasteiger partial charge in [0, 0.05) is 21.8 Å². The number of thioether (sulfide) groups is 1. The Balaban J connectivity index is 1.84. The van der Waals surface area contributed by atoms with Crippen LogP contribution in [0.5, 0.6) is 0 Å². The number of rotatable bonds is 5. The quantitative estimate of drug-likeness (QED) is 0.546. The van der Waals surface area contributed by atoms with Crippen molar-refractivity contribution in [3.05, 3.63) is 59.1 Å². The SMILES string of the molecule is Cc1cccc(-c2nnc(SCC(=O)NC(=O)NC(C)(C)C)n2-c2ccc(Cl)cc2)c1. The van der Waals surface area contributed by atoms with Crippen LogP contribution in [0, 0.1) is 6.92 Å². The van der Waals surface area contributed by atoms with Gasteiger partial charge in [-0.2, -0.15) is 0 Å². The Labute approximate surface area is 190 Å². The van der Waals surface area contributed by atoms with Crippen LogP contribution in [0.25, 0.3) is 17.1 Å². The molecule has 7 nitrogen and oxygen atoms in total. The average Bonchev–Trinajstić information content (AvgIpc) is 3.09. The van der Waals surface area contributed by atoms with Crippen LogP contribution in [-0.2, 0) is 4.79 Å². The fourth-order valence-corrected chi connectivity index (χ4v) is 3.70. The molecule has 1 aromatic heterocycles. The summed E-state index contributed by atoms with van der Waals surface area (Å²) in [5.74, 6) is 0.241. The molecule has 3 amide bonds. The van der Waals surface area contributed by atoms with Crippen LogP contribution in [0.4, 0.5) is 4.79 Å². The zero-order valence-corrected chi connectivity index (χ0v) is 19.3. The number of aromatic nitrogens is 3. The van der Waals surface area contributed by atoms with Gasteiger partial charge in [0.15, 0.2) is 11.0 Å². The van der Waals surface area contributed by atoms with Crippen molar-refractivity contribution < 1.29 is 9.59 Å². The third-order valence-corrected chi connectivity index (χ3v) is 5.25. The summed E-state index contributed by atoms with van der Waals surface area (Å²) in [6.07, 6.45) is 0. The molecule has 0 radical (unpaired) electrons. The fourth-order valence-electron chi connectivity index (χ4n) is 2.82. The lowest BCUT2D eigenvalue weighted by Gasteiger charge is -2.20. The minimum absolute atomic E-state index is 0.0110. The minimum Gasteiger partial charge on any atom is -0.333 e. The first kappa shape index (κ1) is 22.8. The van der Waals surface area contributed by atoms with Crippen molar-refractivity contribution in [1.29, 1.82) is 0 Å². The van der Waals surface area contributed by atoms with E-state index >= 15 is 0 Å². The van der Waals surface area contributed by atoms with Gasteiger partial charge in [0.2, 0.25) is 5.91 Å². The molecule has 0 bridgehead atoms. The largest absolute Gasteiger partial charge is 0.333 e. The number of carbonyl (C=O) groups excluding carboxylic acids is 2. The van der Waals surface area contributed by atoms with Gasteiger partial charge in [-0.25, -0.2) is 4.79 Å². The molecular weight excluding hydrogens is 434 g/mol. The van der Waals surface area contributed by atoms with Gasteiger partial charge in [-0.05, 0) is 58.0 Å². The van der Waals surface area contributed by atoms with Gasteiger partial charge in [0.25, 0.3) is 0 Å². The molecule has 0 aliphatic carbocycles. The predicted molar refractivity (Wildman–Crippen MR) is 124 cm³/mol. The van der Waals surface area contributed by atoms with E-state index in [1.165, 1.54) is 11.8 Å². The molecule has 0 aliphatic rings. The van der Waals surface area contributed by atoms with Crippen LogP contribution in [0.15, 0.2) is 53.7 Å². The second kappa shape index (κ2) is 9.53. The number of carbonyl (C=O) groups is 2. The lowest BCUT2D eigenvalue weighted by atomic mass is 10.1. The Hall–Kier alpha value is -2.84. The predicted octanol–water partition coefficient (Wildman–Crippen LogP) is 4.61. The third-order valence-electron chi connectivity index (χ3n) is 4.07. The molecule has 2 N–H and O–H groups in total. The van der Waals surface area contributed by atoms with E-state index < -0.39 is 17.5 Å². The second-order valence-electron chi connectivity index (χ2n) is 8.03. The molecule has 0 unspecified atom stereocenters. The van der Waals surface area contributed by atoms with E-state index in [1.807, 2.05) is 68.7 Å². The number of nitrogens with zero attached hydrogens (tertiary/aromatic N) is 3. The highest BCUT2D eigenvalue weighted by molar-refractivity contribution is 7.99. The van der Waals surface area contributed by atoms with E-state index in [9.17, 15) is 9.59 Å². The van der Waals surface area contributed by atoms with Crippen LogP contribution in [-0.4, -0.2) is 38.0 Å². The number of aryl methyl sites for hydroxylation is 1. The van der Waals surface area contributed by atoms with E-state index in [4.69, 9.17) is 11.6 Å². The molecule has 0 fully saturated rings. The third kappa shape index (κ3) is 6.32. The molecule has 31 heavy (non-hydrogen) atoms. The summed E-state index contributed by atoms with van der Waals surface area (Å²) in [7, 11) is 0. The van der Waals surface area contributed by atoms with E-state index in [1.54, 1.807) is 12.1 Å². The molecule has 0 aliphatic heterocycles. The van der Waals surface area contributed by atoms with Gasteiger partial charge >= 0.3 is 6.03 Å². The Bertz CT molecular complexity index is 1090. The number of amides is 3. The zero-order chi connectivity index (χ0) is 22.6. The topological polar surface area (TPSA) is 88.9 Å². The van der Waals surface area contributed by atoms with Gasteiger partial charge < -0.3 is 5.32 Å². The molecule has 0 saturated heterocycles. The smallest absolute Gasteiger partial charge is 0.321 e. The van der Waals surface area contributed by atoms with Gasteiger partial charge in [-0.15, -0.1) is 10.2 Å². The molecule has 9 heteroatoms. The maximum Gasteiger partial charge on any atom is 0.321 e. The first-order valence-electron chi connectivity index (χ1n) is 9.65. The van der Waals surface area contributed by atoms with E-state index in [2.05, 4.69) is 20.8 Å². The summed E-state index contributed by atoms with van der Waals surface area (Å²) in [5.41, 5.74) is 2.39. The molecule has 0 atom stereocenters.